The molecule has 0 saturated heterocycles. The van der Waals surface area contributed by atoms with Crippen LogP contribution in [0.3, 0.4) is 0 Å². The Bertz CT molecular complexity index is 1630. The van der Waals surface area contributed by atoms with Gasteiger partial charge in [0.15, 0.2) is 0 Å². The van der Waals surface area contributed by atoms with Gasteiger partial charge in [0.25, 0.3) is 5.91 Å². The minimum Gasteiger partial charge on any atom is -0.492 e. The monoisotopic (exact) mass is 614 g/mol. The number of ether oxygens (including phenoxy) is 3. The van der Waals surface area contributed by atoms with Crippen molar-refractivity contribution in [1.29, 1.82) is 5.26 Å². The number of carbonyl (C=O) groups is 2. The normalized spacial score (nSPS) is 16.0. The molecule has 1 aliphatic carbocycles. The summed E-state index contributed by atoms with van der Waals surface area (Å²) < 4.78 is 18.8. The van der Waals surface area contributed by atoms with Crippen LogP contribution in [-0.2, 0) is 28.0 Å². The minimum absolute atomic E-state index is 0.0740. The summed E-state index contributed by atoms with van der Waals surface area (Å²) in [6.07, 6.45) is 7.50. The fraction of sp³-hybridized carbons (Fsp3) is 0.500. The van der Waals surface area contributed by atoms with Crippen molar-refractivity contribution in [3.05, 3.63) is 70.3 Å². The summed E-state index contributed by atoms with van der Waals surface area (Å²) in [5, 5.41) is 9.51. The van der Waals surface area contributed by atoms with E-state index in [4.69, 9.17) is 14.2 Å². The fourth-order valence-corrected chi connectivity index (χ4v) is 6.41. The van der Waals surface area contributed by atoms with Gasteiger partial charge in [-0.15, -0.1) is 0 Å². The molecule has 3 aromatic rings. The Hall–Kier alpha value is -4.43. The van der Waals surface area contributed by atoms with Crippen LogP contribution >= 0.6 is 0 Å². The van der Waals surface area contributed by atoms with Crippen molar-refractivity contribution in [2.24, 2.45) is 0 Å². The molecular weight excluding hydrogens is 572 g/mol. The third kappa shape index (κ3) is 6.25. The van der Waals surface area contributed by atoms with Crippen LogP contribution in [0.25, 0.3) is 0 Å². The number of hydrogen-bond donors (Lipinski definition) is 0. The van der Waals surface area contributed by atoms with E-state index >= 15 is 0 Å². The number of nitriles is 1. The van der Waals surface area contributed by atoms with Gasteiger partial charge in [-0.25, -0.2) is 9.78 Å². The Labute approximate surface area is 264 Å². The van der Waals surface area contributed by atoms with E-state index < -0.39 is 11.7 Å². The van der Waals surface area contributed by atoms with Crippen molar-refractivity contribution >= 4 is 17.9 Å². The van der Waals surface area contributed by atoms with Crippen LogP contribution in [0.2, 0.25) is 0 Å². The summed E-state index contributed by atoms with van der Waals surface area (Å²) in [5.74, 6) is 0.830. The van der Waals surface area contributed by atoms with Gasteiger partial charge in [-0.2, -0.15) is 5.26 Å². The number of rotatable bonds is 9. The maximum atomic E-state index is 14.4. The van der Waals surface area contributed by atoms with Crippen LogP contribution in [0.15, 0.2) is 36.8 Å². The summed E-state index contributed by atoms with van der Waals surface area (Å²) in [6.45, 7) is 11.1. The zero-order chi connectivity index (χ0) is 32.5. The molecule has 238 valence electrons. The lowest BCUT2D eigenvalue weighted by atomic mass is 9.60. The van der Waals surface area contributed by atoms with E-state index in [-0.39, 0.29) is 17.4 Å². The van der Waals surface area contributed by atoms with E-state index in [0.717, 1.165) is 36.0 Å². The van der Waals surface area contributed by atoms with Crippen molar-refractivity contribution in [1.82, 2.24) is 19.4 Å². The Morgan fingerprint density at radius 3 is 2.60 bits per heavy atom. The number of imidazole rings is 1. The molecule has 45 heavy (non-hydrogen) atoms. The quantitative estimate of drug-likeness (QED) is 0.298. The molecule has 1 fully saturated rings. The van der Waals surface area contributed by atoms with Crippen molar-refractivity contribution in [3.63, 3.8) is 0 Å². The molecule has 2 aromatic heterocycles. The Morgan fingerprint density at radius 1 is 1.22 bits per heavy atom. The van der Waals surface area contributed by atoms with Crippen LogP contribution in [0.4, 0.5) is 10.7 Å². The first-order valence-corrected chi connectivity index (χ1v) is 15.4. The number of fused-ring (bicyclic) bond motifs is 2. The van der Waals surface area contributed by atoms with E-state index in [0.29, 0.717) is 54.8 Å². The number of pyridine rings is 1. The highest BCUT2D eigenvalue weighted by molar-refractivity contribution is 5.98. The zero-order valence-electron chi connectivity index (χ0n) is 27.2. The van der Waals surface area contributed by atoms with Crippen LogP contribution in [0, 0.1) is 11.3 Å². The molecule has 1 spiro atoms. The van der Waals surface area contributed by atoms with Gasteiger partial charge >= 0.3 is 6.09 Å². The molecule has 1 aliphatic heterocycles. The molecule has 0 bridgehead atoms. The average Bonchev–Trinajstić information content (AvgIpc) is 3.43. The number of carbonyl (C=O) groups excluding carboxylic acids is 2. The topological polar surface area (TPSA) is 123 Å². The third-order valence-electron chi connectivity index (χ3n) is 8.60. The molecule has 11 nitrogen and oxygen atoms in total. The molecule has 1 saturated carbocycles. The first-order valence-electron chi connectivity index (χ1n) is 15.4. The van der Waals surface area contributed by atoms with Gasteiger partial charge in [0.2, 0.25) is 5.95 Å². The second kappa shape index (κ2) is 12.5. The molecule has 5 rings (SSSR count). The summed E-state index contributed by atoms with van der Waals surface area (Å²) in [5.41, 5.74) is 3.86. The standard InChI is InChI=1S/C34H42N6O5/c1-8-44-28-16-27(37-18-25(28)17-35)22(2)40-21-34(10-9-11-34)29-24(20-43-7)14-23(15-26(29)30(40)41)19-39-13-12-36-31(39)38(6)32(42)45-33(3,4)5/h12-16,18,22H,8-11,19-21H2,1-7H3. The van der Waals surface area contributed by atoms with Crippen LogP contribution in [0.5, 0.6) is 5.75 Å². The number of anilines is 1. The highest BCUT2D eigenvalue weighted by Crippen LogP contribution is 2.51. The van der Waals surface area contributed by atoms with Gasteiger partial charge in [0.05, 0.1) is 31.5 Å². The molecule has 1 unspecified atom stereocenters. The fourth-order valence-electron chi connectivity index (χ4n) is 6.41. The lowest BCUT2D eigenvalue weighted by Gasteiger charge is -2.52. The molecular formula is C34H42N6O5. The van der Waals surface area contributed by atoms with Crippen molar-refractivity contribution < 1.29 is 23.8 Å². The van der Waals surface area contributed by atoms with Gasteiger partial charge in [0.1, 0.15) is 23.0 Å². The molecule has 2 aliphatic rings. The molecule has 11 heteroatoms. The van der Waals surface area contributed by atoms with Crippen molar-refractivity contribution in [3.8, 4) is 11.8 Å². The second-order valence-electron chi connectivity index (χ2n) is 12.9. The van der Waals surface area contributed by atoms with Crippen LogP contribution < -0.4 is 9.64 Å². The summed E-state index contributed by atoms with van der Waals surface area (Å²) >= 11 is 0. The molecule has 2 amide bonds. The molecule has 0 N–H and O–H groups in total. The number of nitrogens with zero attached hydrogens (tertiary/aromatic N) is 6. The summed E-state index contributed by atoms with van der Waals surface area (Å²) in [7, 11) is 3.30. The van der Waals surface area contributed by atoms with E-state index in [1.54, 1.807) is 26.4 Å². The Kier molecular flexibility index (Phi) is 8.90. The smallest absolute Gasteiger partial charge is 0.416 e. The summed E-state index contributed by atoms with van der Waals surface area (Å²) in [6, 6.07) is 7.66. The highest BCUT2D eigenvalue weighted by atomic mass is 16.6. The molecule has 3 heterocycles. The maximum absolute atomic E-state index is 14.4. The lowest BCUT2D eigenvalue weighted by Crippen LogP contribution is -2.54. The second-order valence-corrected chi connectivity index (χ2v) is 12.9. The van der Waals surface area contributed by atoms with E-state index in [1.807, 2.05) is 56.3 Å². The van der Waals surface area contributed by atoms with Gasteiger partial charge in [-0.3, -0.25) is 14.7 Å². The van der Waals surface area contributed by atoms with Gasteiger partial charge < -0.3 is 23.7 Å². The first kappa shape index (κ1) is 32.0. The largest absolute Gasteiger partial charge is 0.492 e. The highest BCUT2D eigenvalue weighted by Gasteiger charge is 2.49. The zero-order valence-corrected chi connectivity index (χ0v) is 27.2. The summed E-state index contributed by atoms with van der Waals surface area (Å²) in [4.78, 5) is 39.5. The Balaban J connectivity index is 1.52. The first-order chi connectivity index (χ1) is 21.4. The number of methoxy groups -OCH3 is 1. The van der Waals surface area contributed by atoms with E-state index in [2.05, 4.69) is 22.1 Å². The van der Waals surface area contributed by atoms with Gasteiger partial charge in [0, 0.05) is 56.3 Å². The van der Waals surface area contributed by atoms with Gasteiger partial charge in [-0.05, 0) is 70.2 Å². The SMILES string of the molecule is CCOc1cc(C(C)N2CC3(CCC3)c3c(COC)cc(Cn4ccnc4N(C)C(=O)OC(C)(C)C)cc3C2=O)ncc1C#N. The van der Waals surface area contributed by atoms with Crippen molar-refractivity contribution in [2.45, 2.75) is 84.1 Å². The predicted molar refractivity (Wildman–Crippen MR) is 168 cm³/mol. The number of aromatic nitrogens is 3. The predicted octanol–water partition coefficient (Wildman–Crippen LogP) is 5.75. The molecule has 0 radical (unpaired) electrons. The number of hydrogen-bond acceptors (Lipinski definition) is 8. The maximum Gasteiger partial charge on any atom is 0.416 e. The van der Waals surface area contributed by atoms with Gasteiger partial charge in [-0.1, -0.05) is 12.5 Å². The van der Waals surface area contributed by atoms with E-state index in [9.17, 15) is 14.9 Å². The molecule has 1 atom stereocenters. The van der Waals surface area contributed by atoms with Crippen molar-refractivity contribution in [2.75, 3.05) is 32.2 Å². The lowest BCUT2D eigenvalue weighted by molar-refractivity contribution is 0.0478. The number of amides is 2. The Morgan fingerprint density at radius 2 is 1.98 bits per heavy atom. The van der Waals surface area contributed by atoms with Crippen LogP contribution in [0.1, 0.15) is 98.2 Å². The molecule has 1 aromatic carbocycles. The number of benzene rings is 1. The average molecular weight is 615 g/mol. The minimum atomic E-state index is -0.644. The van der Waals surface area contributed by atoms with E-state index in [1.165, 1.54) is 11.1 Å². The van der Waals surface area contributed by atoms with Crippen LogP contribution in [-0.4, -0.2) is 64.3 Å². The third-order valence-corrected chi connectivity index (χ3v) is 8.60.